The largest absolute Gasteiger partial charge is 0.480 e. The highest BCUT2D eigenvalue weighted by Crippen LogP contribution is 2.20. The van der Waals surface area contributed by atoms with Gasteiger partial charge in [0, 0.05) is 37.3 Å². The number of aromatic nitrogens is 2. The Morgan fingerprint density at radius 1 is 1.60 bits per heavy atom. The van der Waals surface area contributed by atoms with Gasteiger partial charge in [-0.2, -0.15) is 0 Å². The van der Waals surface area contributed by atoms with Crippen molar-refractivity contribution < 1.29 is 9.90 Å². The lowest BCUT2D eigenvalue weighted by Gasteiger charge is -2.19. The molecule has 0 saturated carbocycles. The number of carboxylic acids is 1. The van der Waals surface area contributed by atoms with Gasteiger partial charge in [0.25, 0.3) is 5.56 Å². The fourth-order valence-corrected chi connectivity index (χ4v) is 3.16. The van der Waals surface area contributed by atoms with E-state index in [4.69, 9.17) is 10.8 Å². The molecule has 0 aliphatic carbocycles. The number of nitrogens with zero attached hydrogens (tertiary/aromatic N) is 3. The predicted octanol–water partition coefficient (Wildman–Crippen LogP) is -0.256. The fraction of sp³-hybridized carbons (Fsp3) is 0.417. The molecule has 3 heterocycles. The second-order valence-corrected chi connectivity index (χ2v) is 5.94. The second-order valence-electron chi connectivity index (χ2n) is 5.06. The second kappa shape index (κ2) is 4.65. The van der Waals surface area contributed by atoms with Crippen LogP contribution in [0.2, 0.25) is 0 Å². The summed E-state index contributed by atoms with van der Waals surface area (Å²) in [6.07, 6.45) is 2.09. The van der Waals surface area contributed by atoms with E-state index in [9.17, 15) is 9.59 Å². The molecule has 1 aliphatic rings. The number of likely N-dealkylation sites (tertiary alicyclic amines) is 1. The highest BCUT2D eigenvalue weighted by molar-refractivity contribution is 7.15. The van der Waals surface area contributed by atoms with Crippen LogP contribution in [0.25, 0.3) is 4.96 Å². The number of hydrogen-bond acceptors (Lipinski definition) is 6. The van der Waals surface area contributed by atoms with Crippen LogP contribution in [0.15, 0.2) is 22.4 Å². The van der Waals surface area contributed by atoms with Crippen LogP contribution in [-0.4, -0.2) is 44.0 Å². The van der Waals surface area contributed by atoms with Crippen molar-refractivity contribution in [3.05, 3.63) is 33.7 Å². The topological polar surface area (TPSA) is 101 Å². The Kier molecular flexibility index (Phi) is 3.08. The monoisotopic (exact) mass is 294 g/mol. The molecule has 1 aliphatic heterocycles. The number of hydrogen-bond donors (Lipinski definition) is 2. The summed E-state index contributed by atoms with van der Waals surface area (Å²) in [4.78, 5) is 29.9. The van der Waals surface area contributed by atoms with Crippen LogP contribution < -0.4 is 11.3 Å². The zero-order valence-electron chi connectivity index (χ0n) is 10.7. The van der Waals surface area contributed by atoms with Crippen molar-refractivity contribution in [3.63, 3.8) is 0 Å². The van der Waals surface area contributed by atoms with Crippen LogP contribution in [0.3, 0.4) is 0 Å². The lowest BCUT2D eigenvalue weighted by atomic mass is 10.0. The quantitative estimate of drug-likeness (QED) is 0.809. The molecular weight excluding hydrogens is 280 g/mol. The van der Waals surface area contributed by atoms with Gasteiger partial charge >= 0.3 is 5.97 Å². The van der Waals surface area contributed by atoms with Gasteiger partial charge < -0.3 is 10.8 Å². The van der Waals surface area contributed by atoms with Crippen LogP contribution in [0.4, 0.5) is 0 Å². The van der Waals surface area contributed by atoms with Crippen molar-refractivity contribution in [1.29, 1.82) is 0 Å². The minimum Gasteiger partial charge on any atom is -0.480 e. The summed E-state index contributed by atoms with van der Waals surface area (Å²) >= 11 is 1.39. The van der Waals surface area contributed by atoms with E-state index in [-0.39, 0.29) is 12.1 Å². The Morgan fingerprint density at radius 3 is 3.10 bits per heavy atom. The molecule has 1 unspecified atom stereocenters. The molecule has 8 heteroatoms. The lowest BCUT2D eigenvalue weighted by Crippen LogP contribution is -2.50. The molecule has 1 saturated heterocycles. The number of aliphatic carboxylic acids is 1. The van der Waals surface area contributed by atoms with Crippen LogP contribution >= 0.6 is 11.3 Å². The minimum atomic E-state index is -1.19. The zero-order valence-corrected chi connectivity index (χ0v) is 11.5. The molecule has 7 nitrogen and oxygen atoms in total. The third-order valence-corrected chi connectivity index (χ3v) is 4.30. The third kappa shape index (κ3) is 2.21. The fourth-order valence-electron chi connectivity index (χ4n) is 2.42. The molecule has 106 valence electrons. The van der Waals surface area contributed by atoms with Crippen LogP contribution in [-0.2, 0) is 11.3 Å². The van der Waals surface area contributed by atoms with Gasteiger partial charge in [0.15, 0.2) is 4.96 Å². The third-order valence-electron chi connectivity index (χ3n) is 3.55. The molecule has 3 rings (SSSR count). The van der Waals surface area contributed by atoms with E-state index in [1.54, 1.807) is 11.6 Å². The molecule has 2 aromatic heterocycles. The number of rotatable bonds is 3. The molecule has 1 atom stereocenters. The summed E-state index contributed by atoms with van der Waals surface area (Å²) in [7, 11) is 0. The van der Waals surface area contributed by atoms with Gasteiger partial charge in [-0.1, -0.05) is 0 Å². The van der Waals surface area contributed by atoms with Gasteiger partial charge in [-0.15, -0.1) is 11.3 Å². The van der Waals surface area contributed by atoms with E-state index in [0.29, 0.717) is 30.2 Å². The Balaban J connectivity index is 1.81. The number of fused-ring (bicyclic) bond motifs is 1. The van der Waals surface area contributed by atoms with Gasteiger partial charge in [0.1, 0.15) is 5.54 Å². The summed E-state index contributed by atoms with van der Waals surface area (Å²) in [6.45, 7) is 1.30. The van der Waals surface area contributed by atoms with Gasteiger partial charge in [-0.05, 0) is 6.42 Å². The Labute approximate surface area is 118 Å². The van der Waals surface area contributed by atoms with Crippen LogP contribution in [0, 0.1) is 0 Å². The average molecular weight is 294 g/mol. The smallest absolute Gasteiger partial charge is 0.325 e. The van der Waals surface area contributed by atoms with Gasteiger partial charge in [0.05, 0.1) is 5.69 Å². The van der Waals surface area contributed by atoms with Crippen molar-refractivity contribution in [2.75, 3.05) is 13.1 Å². The van der Waals surface area contributed by atoms with E-state index in [2.05, 4.69) is 4.98 Å². The first-order valence-electron chi connectivity index (χ1n) is 6.18. The van der Waals surface area contributed by atoms with Crippen molar-refractivity contribution in [3.8, 4) is 0 Å². The number of carbonyl (C=O) groups is 1. The summed E-state index contributed by atoms with van der Waals surface area (Å²) in [6, 6.07) is 1.48. The maximum absolute atomic E-state index is 11.9. The number of nitrogens with two attached hydrogens (primary N) is 1. The molecule has 2 aromatic rings. The SMILES string of the molecule is NC1(C(=O)O)CCN(Cc2cc(=O)n3ccsc3n2)C1. The maximum atomic E-state index is 11.9. The first kappa shape index (κ1) is 13.2. The summed E-state index contributed by atoms with van der Waals surface area (Å²) in [5, 5.41) is 10.9. The van der Waals surface area contributed by atoms with Crippen LogP contribution in [0.1, 0.15) is 12.1 Å². The molecule has 3 N–H and O–H groups in total. The normalized spacial score (nSPS) is 23.4. The maximum Gasteiger partial charge on any atom is 0.325 e. The van der Waals surface area contributed by atoms with Crippen molar-refractivity contribution in [2.45, 2.75) is 18.5 Å². The Hall–Kier alpha value is -1.77. The summed E-state index contributed by atoms with van der Waals surface area (Å²) in [5.41, 5.74) is 5.15. The average Bonchev–Trinajstić information content (AvgIpc) is 2.97. The van der Waals surface area contributed by atoms with Crippen molar-refractivity contribution in [1.82, 2.24) is 14.3 Å². The van der Waals surface area contributed by atoms with Gasteiger partial charge in [-0.25, -0.2) is 4.98 Å². The van der Waals surface area contributed by atoms with E-state index in [1.165, 1.54) is 21.8 Å². The first-order valence-corrected chi connectivity index (χ1v) is 7.06. The van der Waals surface area contributed by atoms with Crippen molar-refractivity contribution >= 4 is 22.3 Å². The highest BCUT2D eigenvalue weighted by Gasteiger charge is 2.41. The molecular formula is C12H14N4O3S. The van der Waals surface area contributed by atoms with E-state index < -0.39 is 11.5 Å². The predicted molar refractivity (Wildman–Crippen MR) is 73.8 cm³/mol. The first-order chi connectivity index (χ1) is 9.48. The van der Waals surface area contributed by atoms with E-state index in [0.717, 1.165) is 0 Å². The molecule has 0 amide bonds. The Bertz CT molecular complexity index is 725. The molecule has 0 aromatic carbocycles. The summed E-state index contributed by atoms with van der Waals surface area (Å²) < 4.78 is 1.49. The van der Waals surface area contributed by atoms with Crippen LogP contribution in [0.5, 0.6) is 0 Å². The molecule has 0 radical (unpaired) electrons. The van der Waals surface area contributed by atoms with E-state index in [1.807, 2.05) is 4.90 Å². The molecule has 1 fully saturated rings. The molecule has 0 bridgehead atoms. The zero-order chi connectivity index (χ0) is 14.3. The summed E-state index contributed by atoms with van der Waals surface area (Å²) in [5.74, 6) is -0.985. The number of thiazole rings is 1. The lowest BCUT2D eigenvalue weighted by molar-refractivity contribution is -0.142. The molecule has 0 spiro atoms. The van der Waals surface area contributed by atoms with Gasteiger partial charge in [0.2, 0.25) is 0 Å². The van der Waals surface area contributed by atoms with Gasteiger partial charge in [-0.3, -0.25) is 18.9 Å². The number of carboxylic acid groups (broad SMARTS) is 1. The standard InChI is InChI=1S/C12H14N4O3S/c13-12(10(18)19)1-2-15(7-12)6-8-5-9(17)16-3-4-20-11(16)14-8/h3-5H,1-2,6-7,13H2,(H,18,19). The van der Waals surface area contributed by atoms with Crippen molar-refractivity contribution in [2.24, 2.45) is 5.73 Å². The highest BCUT2D eigenvalue weighted by atomic mass is 32.1. The Morgan fingerprint density at radius 2 is 2.40 bits per heavy atom. The van der Waals surface area contributed by atoms with E-state index >= 15 is 0 Å². The minimum absolute atomic E-state index is 0.123. The molecule has 20 heavy (non-hydrogen) atoms.